The van der Waals surface area contributed by atoms with Crippen LogP contribution >= 0.6 is 11.8 Å². The SMILES string of the molecule is Cc1nn(C)c(C)c1C(C)NC1CCCSC1. The predicted molar refractivity (Wildman–Crippen MR) is 74.6 cm³/mol. The number of hydrogen-bond acceptors (Lipinski definition) is 3. The zero-order valence-corrected chi connectivity index (χ0v) is 12.1. The van der Waals surface area contributed by atoms with Crippen LogP contribution in [-0.2, 0) is 7.05 Å². The number of nitrogens with zero attached hydrogens (tertiary/aromatic N) is 2. The monoisotopic (exact) mass is 253 g/mol. The third-order valence-electron chi connectivity index (χ3n) is 3.64. The molecule has 0 bridgehead atoms. The number of hydrogen-bond donors (Lipinski definition) is 1. The summed E-state index contributed by atoms with van der Waals surface area (Å²) in [7, 11) is 2.02. The normalized spacial score (nSPS) is 22.7. The highest BCUT2D eigenvalue weighted by molar-refractivity contribution is 7.99. The van der Waals surface area contributed by atoms with Crippen molar-refractivity contribution in [1.82, 2.24) is 15.1 Å². The van der Waals surface area contributed by atoms with Gasteiger partial charge in [-0.3, -0.25) is 4.68 Å². The lowest BCUT2D eigenvalue weighted by Gasteiger charge is -2.26. The zero-order valence-electron chi connectivity index (χ0n) is 11.3. The van der Waals surface area contributed by atoms with E-state index in [-0.39, 0.29) is 0 Å². The molecular formula is C13H23N3S. The molecule has 0 aromatic carbocycles. The average molecular weight is 253 g/mol. The molecule has 0 saturated carbocycles. The van der Waals surface area contributed by atoms with Gasteiger partial charge in [-0.15, -0.1) is 0 Å². The van der Waals surface area contributed by atoms with Gasteiger partial charge in [0, 0.05) is 36.1 Å². The van der Waals surface area contributed by atoms with Crippen molar-refractivity contribution >= 4 is 11.8 Å². The quantitative estimate of drug-likeness (QED) is 0.898. The van der Waals surface area contributed by atoms with Crippen LogP contribution in [0.3, 0.4) is 0 Å². The summed E-state index contributed by atoms with van der Waals surface area (Å²) >= 11 is 2.07. The first-order valence-electron chi connectivity index (χ1n) is 6.43. The Morgan fingerprint density at radius 1 is 1.47 bits per heavy atom. The molecule has 4 heteroatoms. The summed E-state index contributed by atoms with van der Waals surface area (Å²) in [5, 5.41) is 8.25. The summed E-state index contributed by atoms with van der Waals surface area (Å²) in [6, 6.07) is 1.08. The second-order valence-corrected chi connectivity index (χ2v) is 6.16. The van der Waals surface area contributed by atoms with Crippen molar-refractivity contribution in [2.75, 3.05) is 11.5 Å². The van der Waals surface area contributed by atoms with Crippen molar-refractivity contribution < 1.29 is 0 Å². The Bertz CT molecular complexity index is 380. The standard InChI is InChI=1S/C13H23N3S/c1-9(14-12-6-5-7-17-8-12)13-10(2)15-16(4)11(13)3/h9,12,14H,5-8H2,1-4H3. The summed E-state index contributed by atoms with van der Waals surface area (Å²) in [5.74, 6) is 2.58. The fourth-order valence-corrected chi connectivity index (χ4v) is 3.81. The second-order valence-electron chi connectivity index (χ2n) is 5.01. The Kier molecular flexibility index (Phi) is 4.15. The van der Waals surface area contributed by atoms with E-state index in [1.54, 1.807) is 0 Å². The molecule has 1 aromatic heterocycles. The van der Waals surface area contributed by atoms with Gasteiger partial charge >= 0.3 is 0 Å². The van der Waals surface area contributed by atoms with Crippen molar-refractivity contribution in [2.45, 2.75) is 45.7 Å². The number of nitrogens with one attached hydrogen (secondary N) is 1. The molecule has 2 unspecified atom stereocenters. The maximum absolute atomic E-state index is 4.50. The highest BCUT2D eigenvalue weighted by Crippen LogP contribution is 2.24. The summed E-state index contributed by atoms with van der Waals surface area (Å²) in [6.07, 6.45) is 2.66. The minimum atomic E-state index is 0.410. The molecule has 0 amide bonds. The van der Waals surface area contributed by atoms with E-state index in [9.17, 15) is 0 Å². The number of aryl methyl sites for hydroxylation is 2. The van der Waals surface area contributed by atoms with Gasteiger partial charge in [0.25, 0.3) is 0 Å². The van der Waals surface area contributed by atoms with Gasteiger partial charge in [0.1, 0.15) is 0 Å². The maximum Gasteiger partial charge on any atom is 0.0644 e. The molecule has 1 aliphatic heterocycles. The van der Waals surface area contributed by atoms with Crippen LogP contribution in [0, 0.1) is 13.8 Å². The average Bonchev–Trinajstić information content (AvgIpc) is 2.54. The number of thioether (sulfide) groups is 1. The molecule has 0 aliphatic carbocycles. The third kappa shape index (κ3) is 2.86. The lowest BCUT2D eigenvalue weighted by molar-refractivity contribution is 0.450. The Morgan fingerprint density at radius 3 is 2.76 bits per heavy atom. The van der Waals surface area contributed by atoms with Gasteiger partial charge in [0.2, 0.25) is 0 Å². The van der Waals surface area contributed by atoms with E-state index in [1.165, 1.54) is 35.6 Å². The Labute approximate surface area is 108 Å². The van der Waals surface area contributed by atoms with Crippen LogP contribution in [0.4, 0.5) is 0 Å². The van der Waals surface area contributed by atoms with Gasteiger partial charge in [0.15, 0.2) is 0 Å². The summed E-state index contributed by atoms with van der Waals surface area (Å²) < 4.78 is 1.98. The second kappa shape index (κ2) is 5.44. The van der Waals surface area contributed by atoms with E-state index in [4.69, 9.17) is 0 Å². The molecule has 0 radical (unpaired) electrons. The molecule has 1 aromatic rings. The molecule has 2 atom stereocenters. The van der Waals surface area contributed by atoms with E-state index in [2.05, 4.69) is 42.9 Å². The Balaban J connectivity index is 2.05. The van der Waals surface area contributed by atoms with E-state index < -0.39 is 0 Å². The van der Waals surface area contributed by atoms with Crippen molar-refractivity contribution in [2.24, 2.45) is 7.05 Å². The van der Waals surface area contributed by atoms with Crippen LogP contribution in [0.5, 0.6) is 0 Å². The first-order valence-corrected chi connectivity index (χ1v) is 7.59. The number of aromatic nitrogens is 2. The third-order valence-corrected chi connectivity index (χ3v) is 4.86. The summed E-state index contributed by atoms with van der Waals surface area (Å²) in [4.78, 5) is 0. The van der Waals surface area contributed by atoms with Crippen LogP contribution in [0.2, 0.25) is 0 Å². The lowest BCUT2D eigenvalue weighted by atomic mass is 10.0. The van der Waals surface area contributed by atoms with Crippen molar-refractivity contribution in [3.8, 4) is 0 Å². The highest BCUT2D eigenvalue weighted by atomic mass is 32.2. The van der Waals surface area contributed by atoms with E-state index in [1.807, 2.05) is 11.7 Å². The fourth-order valence-electron chi connectivity index (χ4n) is 2.73. The van der Waals surface area contributed by atoms with Crippen LogP contribution in [0.15, 0.2) is 0 Å². The van der Waals surface area contributed by atoms with E-state index in [0.29, 0.717) is 12.1 Å². The Morgan fingerprint density at radius 2 is 2.24 bits per heavy atom. The summed E-state index contributed by atoms with van der Waals surface area (Å²) in [6.45, 7) is 6.52. The highest BCUT2D eigenvalue weighted by Gasteiger charge is 2.20. The van der Waals surface area contributed by atoms with Crippen LogP contribution in [0.25, 0.3) is 0 Å². The largest absolute Gasteiger partial charge is 0.306 e. The van der Waals surface area contributed by atoms with Gasteiger partial charge < -0.3 is 5.32 Å². The van der Waals surface area contributed by atoms with Crippen molar-refractivity contribution in [1.29, 1.82) is 0 Å². The van der Waals surface area contributed by atoms with Gasteiger partial charge in [-0.25, -0.2) is 0 Å². The topological polar surface area (TPSA) is 29.9 Å². The number of rotatable bonds is 3. The molecule has 1 aliphatic rings. The first-order chi connectivity index (χ1) is 8.09. The van der Waals surface area contributed by atoms with Crippen molar-refractivity contribution in [3.05, 3.63) is 17.0 Å². The van der Waals surface area contributed by atoms with Crippen LogP contribution in [0.1, 0.15) is 42.8 Å². The summed E-state index contributed by atoms with van der Waals surface area (Å²) in [5.41, 5.74) is 3.82. The zero-order chi connectivity index (χ0) is 12.4. The molecule has 1 N–H and O–H groups in total. The molecular weight excluding hydrogens is 230 g/mol. The van der Waals surface area contributed by atoms with Gasteiger partial charge in [0.05, 0.1) is 5.69 Å². The molecule has 17 heavy (non-hydrogen) atoms. The van der Waals surface area contributed by atoms with Crippen molar-refractivity contribution in [3.63, 3.8) is 0 Å². The lowest BCUT2D eigenvalue weighted by Crippen LogP contribution is -2.36. The van der Waals surface area contributed by atoms with E-state index >= 15 is 0 Å². The molecule has 2 rings (SSSR count). The molecule has 0 spiro atoms. The molecule has 2 heterocycles. The smallest absolute Gasteiger partial charge is 0.0644 e. The van der Waals surface area contributed by atoms with Gasteiger partial charge in [-0.2, -0.15) is 16.9 Å². The van der Waals surface area contributed by atoms with Gasteiger partial charge in [-0.1, -0.05) is 0 Å². The molecule has 3 nitrogen and oxygen atoms in total. The molecule has 1 saturated heterocycles. The van der Waals surface area contributed by atoms with Gasteiger partial charge in [-0.05, 0) is 39.4 Å². The van der Waals surface area contributed by atoms with Crippen LogP contribution in [-0.4, -0.2) is 27.3 Å². The molecule has 96 valence electrons. The maximum atomic E-state index is 4.50. The Hall–Kier alpha value is -0.480. The minimum Gasteiger partial charge on any atom is -0.306 e. The van der Waals surface area contributed by atoms with E-state index in [0.717, 1.165) is 5.69 Å². The predicted octanol–water partition coefficient (Wildman–Crippen LogP) is 2.58. The first kappa shape index (κ1) is 13.0. The fraction of sp³-hybridized carbons (Fsp3) is 0.769. The molecule has 1 fully saturated rings. The van der Waals surface area contributed by atoms with Crippen LogP contribution < -0.4 is 5.32 Å². The minimum absolute atomic E-state index is 0.410.